The van der Waals surface area contributed by atoms with Gasteiger partial charge in [-0.25, -0.2) is 9.69 Å². The average molecular weight is 404 g/mol. The Labute approximate surface area is 173 Å². The van der Waals surface area contributed by atoms with Crippen LogP contribution in [0.2, 0.25) is 0 Å². The first-order valence-electron chi connectivity index (χ1n) is 9.17. The highest BCUT2D eigenvalue weighted by Crippen LogP contribution is 2.24. The zero-order valence-corrected chi connectivity index (χ0v) is 15.9. The number of aromatic hydroxyl groups is 1. The third kappa shape index (κ3) is 4.53. The Morgan fingerprint density at radius 1 is 0.867 bits per heavy atom. The highest BCUT2D eigenvalue weighted by Gasteiger charge is 2.31. The van der Waals surface area contributed by atoms with Gasteiger partial charge in [0.15, 0.2) is 0 Å². The standard InChI is InChI=1S/C23H20N2O5/c24-19(14-15-10-12-17(26)13-11-15)22(28)25(21(27)16-6-2-1-3-7-16)20-9-5-4-8-18(20)23(29)30/h1-13,19,26H,14,24H2,(H,29,30)/t19-/m0/s1. The number of carbonyl (C=O) groups is 3. The summed E-state index contributed by atoms with van der Waals surface area (Å²) in [6.45, 7) is 0. The highest BCUT2D eigenvalue weighted by atomic mass is 16.4. The smallest absolute Gasteiger partial charge is 0.337 e. The first-order chi connectivity index (χ1) is 14.4. The molecule has 7 heteroatoms. The van der Waals surface area contributed by atoms with Gasteiger partial charge in [-0.3, -0.25) is 9.59 Å². The van der Waals surface area contributed by atoms with Crippen molar-refractivity contribution in [1.82, 2.24) is 0 Å². The summed E-state index contributed by atoms with van der Waals surface area (Å²) >= 11 is 0. The van der Waals surface area contributed by atoms with Crippen LogP contribution >= 0.6 is 0 Å². The van der Waals surface area contributed by atoms with Gasteiger partial charge >= 0.3 is 5.97 Å². The predicted molar refractivity (Wildman–Crippen MR) is 111 cm³/mol. The summed E-state index contributed by atoms with van der Waals surface area (Å²) < 4.78 is 0. The van der Waals surface area contributed by atoms with Crippen LogP contribution in [0.5, 0.6) is 5.75 Å². The van der Waals surface area contributed by atoms with Crippen LogP contribution in [-0.2, 0) is 11.2 Å². The molecule has 30 heavy (non-hydrogen) atoms. The van der Waals surface area contributed by atoms with E-state index in [9.17, 15) is 24.6 Å². The van der Waals surface area contributed by atoms with Crippen molar-refractivity contribution in [2.45, 2.75) is 12.5 Å². The van der Waals surface area contributed by atoms with Crippen LogP contribution < -0.4 is 10.6 Å². The molecule has 152 valence electrons. The van der Waals surface area contributed by atoms with Gasteiger partial charge in [-0.2, -0.15) is 0 Å². The van der Waals surface area contributed by atoms with Gasteiger partial charge < -0.3 is 15.9 Å². The topological polar surface area (TPSA) is 121 Å². The Bertz CT molecular complexity index is 1060. The number of anilines is 1. The molecule has 0 unspecified atom stereocenters. The third-order valence-corrected chi connectivity index (χ3v) is 4.53. The summed E-state index contributed by atoms with van der Waals surface area (Å²) in [6.07, 6.45) is 0.104. The molecule has 4 N–H and O–H groups in total. The summed E-state index contributed by atoms with van der Waals surface area (Å²) in [6, 6.07) is 19.0. The number of carboxylic acid groups (broad SMARTS) is 1. The lowest BCUT2D eigenvalue weighted by atomic mass is 10.0. The minimum absolute atomic E-state index is 0.0509. The molecule has 0 aliphatic rings. The largest absolute Gasteiger partial charge is 0.508 e. The Kier molecular flexibility index (Phi) is 6.24. The van der Waals surface area contributed by atoms with E-state index >= 15 is 0 Å². The van der Waals surface area contributed by atoms with Crippen molar-refractivity contribution >= 4 is 23.5 Å². The molecule has 3 aromatic carbocycles. The fourth-order valence-electron chi connectivity index (χ4n) is 3.03. The number of carbonyl (C=O) groups excluding carboxylic acids is 2. The summed E-state index contributed by atoms with van der Waals surface area (Å²) in [5.41, 5.74) is 6.79. The van der Waals surface area contributed by atoms with Crippen LogP contribution in [0.1, 0.15) is 26.3 Å². The van der Waals surface area contributed by atoms with Crippen molar-refractivity contribution in [3.8, 4) is 5.75 Å². The minimum Gasteiger partial charge on any atom is -0.508 e. The molecule has 0 radical (unpaired) electrons. The maximum Gasteiger partial charge on any atom is 0.337 e. The first kappa shape index (κ1) is 20.8. The van der Waals surface area contributed by atoms with Crippen LogP contribution in [0.3, 0.4) is 0 Å². The van der Waals surface area contributed by atoms with E-state index in [2.05, 4.69) is 0 Å². The van der Waals surface area contributed by atoms with Crippen LogP contribution in [0.25, 0.3) is 0 Å². The van der Waals surface area contributed by atoms with Crippen molar-refractivity contribution in [3.05, 3.63) is 95.6 Å². The molecule has 0 aromatic heterocycles. The number of amides is 2. The first-order valence-corrected chi connectivity index (χ1v) is 9.17. The third-order valence-electron chi connectivity index (χ3n) is 4.53. The number of nitrogens with two attached hydrogens (primary N) is 1. The lowest BCUT2D eigenvalue weighted by Crippen LogP contribution is -2.48. The molecule has 0 spiro atoms. The molecular formula is C23H20N2O5. The summed E-state index contributed by atoms with van der Waals surface area (Å²) in [7, 11) is 0. The van der Waals surface area contributed by atoms with Crippen LogP contribution in [-0.4, -0.2) is 34.0 Å². The van der Waals surface area contributed by atoms with Crippen LogP contribution in [0.15, 0.2) is 78.9 Å². The Morgan fingerprint density at radius 3 is 2.10 bits per heavy atom. The molecule has 0 bridgehead atoms. The maximum atomic E-state index is 13.2. The number of phenolic OH excluding ortho intramolecular Hbond substituents is 1. The lowest BCUT2D eigenvalue weighted by molar-refractivity contribution is -0.119. The van der Waals surface area contributed by atoms with Gasteiger partial charge in [-0.05, 0) is 48.4 Å². The van der Waals surface area contributed by atoms with Gasteiger partial charge in [0.25, 0.3) is 11.8 Å². The molecule has 2 amide bonds. The molecule has 3 rings (SSSR count). The fourth-order valence-corrected chi connectivity index (χ4v) is 3.03. The number of para-hydroxylation sites is 1. The number of benzene rings is 3. The monoisotopic (exact) mass is 404 g/mol. The van der Waals surface area contributed by atoms with Gasteiger partial charge in [0.05, 0.1) is 17.3 Å². The van der Waals surface area contributed by atoms with E-state index < -0.39 is 23.8 Å². The summed E-state index contributed by atoms with van der Waals surface area (Å²) in [5.74, 6) is -2.59. The van der Waals surface area contributed by atoms with Crippen molar-refractivity contribution in [2.24, 2.45) is 5.73 Å². The van der Waals surface area contributed by atoms with Crippen molar-refractivity contribution in [3.63, 3.8) is 0 Å². The molecule has 7 nitrogen and oxygen atoms in total. The molecule has 0 saturated carbocycles. The van der Waals surface area contributed by atoms with E-state index in [-0.39, 0.29) is 29.0 Å². The second kappa shape index (κ2) is 9.02. The number of imide groups is 1. The van der Waals surface area contributed by atoms with Crippen molar-refractivity contribution < 1.29 is 24.6 Å². The molecule has 0 saturated heterocycles. The Balaban J connectivity index is 2.00. The number of rotatable bonds is 6. The zero-order valence-electron chi connectivity index (χ0n) is 15.9. The van der Waals surface area contributed by atoms with Gasteiger partial charge in [-0.1, -0.05) is 42.5 Å². The van der Waals surface area contributed by atoms with E-state index in [1.165, 1.54) is 42.5 Å². The summed E-state index contributed by atoms with van der Waals surface area (Å²) in [5, 5.41) is 19.0. The summed E-state index contributed by atoms with van der Waals surface area (Å²) in [4.78, 5) is 38.9. The van der Waals surface area contributed by atoms with Gasteiger partial charge in [-0.15, -0.1) is 0 Å². The molecule has 0 aliphatic carbocycles. The van der Waals surface area contributed by atoms with Crippen molar-refractivity contribution in [2.75, 3.05) is 4.90 Å². The molecule has 0 heterocycles. The molecule has 0 aliphatic heterocycles. The number of phenols is 1. The van der Waals surface area contributed by atoms with Crippen LogP contribution in [0, 0.1) is 0 Å². The Morgan fingerprint density at radius 2 is 1.47 bits per heavy atom. The molecular weight excluding hydrogens is 384 g/mol. The molecule has 1 atom stereocenters. The molecule has 3 aromatic rings. The van der Waals surface area contributed by atoms with E-state index in [4.69, 9.17) is 5.73 Å². The van der Waals surface area contributed by atoms with Gasteiger partial charge in [0.1, 0.15) is 5.75 Å². The Hall–Kier alpha value is -3.97. The van der Waals surface area contributed by atoms with E-state index in [0.717, 1.165) is 4.90 Å². The second-order valence-corrected chi connectivity index (χ2v) is 6.64. The van der Waals surface area contributed by atoms with E-state index in [1.54, 1.807) is 36.4 Å². The zero-order chi connectivity index (χ0) is 21.7. The average Bonchev–Trinajstić information content (AvgIpc) is 2.76. The lowest BCUT2D eigenvalue weighted by Gasteiger charge is -2.25. The fraction of sp³-hybridized carbons (Fsp3) is 0.0870. The number of carboxylic acids is 1. The van der Waals surface area contributed by atoms with E-state index in [0.29, 0.717) is 5.56 Å². The minimum atomic E-state index is -1.27. The SMILES string of the molecule is N[C@@H](Cc1ccc(O)cc1)C(=O)N(C(=O)c1ccccc1)c1ccccc1C(=O)O. The number of hydrogen-bond donors (Lipinski definition) is 3. The maximum absolute atomic E-state index is 13.2. The van der Waals surface area contributed by atoms with Crippen LogP contribution in [0.4, 0.5) is 5.69 Å². The predicted octanol–water partition coefficient (Wildman–Crippen LogP) is 2.83. The highest BCUT2D eigenvalue weighted by molar-refractivity contribution is 6.24. The number of nitrogens with zero attached hydrogens (tertiary/aromatic N) is 1. The van der Waals surface area contributed by atoms with Gasteiger partial charge in [0, 0.05) is 5.56 Å². The second-order valence-electron chi connectivity index (χ2n) is 6.64. The van der Waals surface area contributed by atoms with Crippen molar-refractivity contribution in [1.29, 1.82) is 0 Å². The van der Waals surface area contributed by atoms with E-state index in [1.807, 2.05) is 0 Å². The molecule has 0 fully saturated rings. The number of aromatic carboxylic acids is 1. The number of hydrogen-bond acceptors (Lipinski definition) is 5. The van der Waals surface area contributed by atoms with Gasteiger partial charge in [0.2, 0.25) is 0 Å². The normalized spacial score (nSPS) is 11.5. The quantitative estimate of drug-likeness (QED) is 0.581.